The van der Waals surface area contributed by atoms with E-state index in [-0.39, 0.29) is 16.7 Å². The van der Waals surface area contributed by atoms with Crippen molar-refractivity contribution >= 4 is 28.1 Å². The van der Waals surface area contributed by atoms with Crippen molar-refractivity contribution < 1.29 is 14.6 Å². The van der Waals surface area contributed by atoms with Crippen LogP contribution in [0.2, 0.25) is 0 Å². The third-order valence-corrected chi connectivity index (χ3v) is 5.50. The number of benzene rings is 2. The molecular formula is C25H33BrN2O3. The van der Waals surface area contributed by atoms with Gasteiger partial charge in [0.15, 0.2) is 0 Å². The molecule has 0 saturated heterocycles. The normalized spacial score (nSPS) is 12.3. The lowest BCUT2D eigenvalue weighted by Crippen LogP contribution is -2.20. The molecule has 0 aliphatic heterocycles. The van der Waals surface area contributed by atoms with Crippen LogP contribution in [0.4, 0.5) is 0 Å². The maximum Gasteiger partial charge on any atom is 0.240 e. The fourth-order valence-corrected chi connectivity index (χ4v) is 3.65. The molecule has 0 aliphatic rings. The van der Waals surface area contributed by atoms with Crippen molar-refractivity contribution in [1.29, 1.82) is 0 Å². The van der Waals surface area contributed by atoms with E-state index >= 15 is 0 Å². The molecule has 2 aromatic rings. The molecule has 2 N–H and O–H groups in total. The number of methoxy groups -OCH3 is 1. The second-order valence-corrected chi connectivity index (χ2v) is 10.6. The van der Waals surface area contributed by atoms with Crippen LogP contribution in [0.1, 0.15) is 70.2 Å². The van der Waals surface area contributed by atoms with Gasteiger partial charge in [0.2, 0.25) is 5.91 Å². The average molecular weight is 489 g/mol. The number of nitrogens with one attached hydrogen (secondary N) is 1. The number of rotatable bonds is 6. The van der Waals surface area contributed by atoms with Crippen molar-refractivity contribution in [3.05, 3.63) is 57.1 Å². The van der Waals surface area contributed by atoms with Crippen LogP contribution in [0.15, 0.2) is 39.9 Å². The fraction of sp³-hybridized carbons (Fsp3) is 0.440. The van der Waals surface area contributed by atoms with Crippen LogP contribution in [-0.2, 0) is 22.0 Å². The summed E-state index contributed by atoms with van der Waals surface area (Å²) in [5, 5.41) is 14.9. The zero-order valence-corrected chi connectivity index (χ0v) is 21.1. The Labute approximate surface area is 194 Å². The largest absolute Gasteiger partial charge is 0.507 e. The summed E-state index contributed by atoms with van der Waals surface area (Å²) in [4.78, 5) is 12.3. The molecule has 31 heavy (non-hydrogen) atoms. The Kier molecular flexibility index (Phi) is 7.93. The zero-order valence-electron chi connectivity index (χ0n) is 19.5. The van der Waals surface area contributed by atoms with Gasteiger partial charge in [-0.05, 0) is 52.1 Å². The minimum atomic E-state index is -0.199. The summed E-state index contributed by atoms with van der Waals surface area (Å²) < 4.78 is 6.21. The molecule has 0 unspecified atom stereocenters. The second-order valence-electron chi connectivity index (χ2n) is 9.72. The summed E-state index contributed by atoms with van der Waals surface area (Å²) >= 11 is 3.42. The highest BCUT2D eigenvalue weighted by Gasteiger charge is 2.26. The van der Waals surface area contributed by atoms with Gasteiger partial charge in [-0.25, -0.2) is 5.43 Å². The molecule has 0 atom stereocenters. The van der Waals surface area contributed by atoms with Crippen LogP contribution in [0.3, 0.4) is 0 Å². The van der Waals surface area contributed by atoms with Crippen molar-refractivity contribution in [2.24, 2.45) is 5.10 Å². The number of amides is 1. The summed E-state index contributed by atoms with van der Waals surface area (Å²) in [6.07, 6.45) is 2.43. The van der Waals surface area contributed by atoms with Gasteiger partial charge in [-0.15, -0.1) is 0 Å². The highest BCUT2D eigenvalue weighted by Crippen LogP contribution is 2.40. The molecular weight excluding hydrogens is 456 g/mol. The summed E-state index contributed by atoms with van der Waals surface area (Å²) in [7, 11) is 1.59. The standard InChI is InChI=1S/C25H33BrN2O3/c1-24(2,3)19-12-16(13-20(23(19)30)25(4,5)6)8-11-22(29)28-27-15-17-14-18(26)9-10-21(17)31-7/h9-10,12-15,30H,8,11H2,1-7H3,(H,28,29)/b27-15-. The molecule has 0 radical (unpaired) electrons. The van der Waals surface area contributed by atoms with Crippen molar-refractivity contribution in [2.45, 2.75) is 65.2 Å². The number of nitrogens with zero attached hydrogens (tertiary/aromatic N) is 1. The Morgan fingerprint density at radius 3 is 2.19 bits per heavy atom. The van der Waals surface area contributed by atoms with E-state index in [4.69, 9.17) is 4.74 Å². The molecule has 0 aromatic heterocycles. The number of aromatic hydroxyl groups is 1. The van der Waals surface area contributed by atoms with Gasteiger partial charge >= 0.3 is 0 Å². The maximum atomic E-state index is 12.3. The van der Waals surface area contributed by atoms with E-state index in [9.17, 15) is 9.90 Å². The number of aryl methyl sites for hydroxylation is 1. The first kappa shape index (κ1) is 24.9. The topological polar surface area (TPSA) is 70.9 Å². The van der Waals surface area contributed by atoms with Crippen LogP contribution in [-0.4, -0.2) is 24.3 Å². The highest BCUT2D eigenvalue weighted by atomic mass is 79.9. The average Bonchev–Trinajstić information content (AvgIpc) is 2.65. The molecule has 0 fully saturated rings. The number of halogens is 1. The van der Waals surface area contributed by atoms with Gasteiger partial charge in [0.25, 0.3) is 0 Å². The number of hydrogen-bond donors (Lipinski definition) is 2. The number of hydrogen-bond acceptors (Lipinski definition) is 4. The molecule has 168 valence electrons. The van der Waals surface area contributed by atoms with Crippen LogP contribution in [0, 0.1) is 0 Å². The SMILES string of the molecule is COc1ccc(Br)cc1/C=N\NC(=O)CCc1cc(C(C)(C)C)c(O)c(C(C)(C)C)c1. The molecule has 0 heterocycles. The van der Waals surface area contributed by atoms with E-state index in [0.717, 1.165) is 26.7 Å². The number of carbonyl (C=O) groups excluding carboxylic acids is 1. The number of phenols is 1. The van der Waals surface area contributed by atoms with Gasteiger partial charge in [-0.2, -0.15) is 5.10 Å². The fourth-order valence-electron chi connectivity index (χ4n) is 3.28. The van der Waals surface area contributed by atoms with Gasteiger partial charge in [-0.1, -0.05) is 69.6 Å². The summed E-state index contributed by atoms with van der Waals surface area (Å²) in [6, 6.07) is 9.59. The van der Waals surface area contributed by atoms with E-state index in [0.29, 0.717) is 24.3 Å². The molecule has 1 amide bonds. The second kappa shape index (κ2) is 9.86. The van der Waals surface area contributed by atoms with Gasteiger partial charge in [0, 0.05) is 16.5 Å². The minimum absolute atomic E-state index is 0.173. The monoisotopic (exact) mass is 488 g/mol. The van der Waals surface area contributed by atoms with Crippen molar-refractivity contribution in [1.82, 2.24) is 5.43 Å². The highest BCUT2D eigenvalue weighted by molar-refractivity contribution is 9.10. The lowest BCUT2D eigenvalue weighted by Gasteiger charge is -2.28. The predicted molar refractivity (Wildman–Crippen MR) is 130 cm³/mol. The number of ether oxygens (including phenoxy) is 1. The molecule has 2 rings (SSSR count). The Balaban J connectivity index is 2.12. The number of carbonyl (C=O) groups is 1. The molecule has 2 aromatic carbocycles. The molecule has 0 spiro atoms. The summed E-state index contributed by atoms with van der Waals surface area (Å²) in [5.74, 6) is 0.850. The first-order valence-corrected chi connectivity index (χ1v) is 11.1. The van der Waals surface area contributed by atoms with Gasteiger partial charge < -0.3 is 9.84 Å². The molecule has 0 aliphatic carbocycles. The van der Waals surface area contributed by atoms with Crippen molar-refractivity contribution in [3.63, 3.8) is 0 Å². The number of hydrazone groups is 1. The molecule has 5 nitrogen and oxygen atoms in total. The third kappa shape index (κ3) is 6.82. The quantitative estimate of drug-likeness (QED) is 0.396. The van der Waals surface area contributed by atoms with E-state index in [2.05, 4.69) is 68.0 Å². The Morgan fingerprint density at radius 2 is 1.68 bits per heavy atom. The van der Waals surface area contributed by atoms with E-state index < -0.39 is 0 Å². The van der Waals surface area contributed by atoms with Gasteiger partial charge in [0.05, 0.1) is 13.3 Å². The first-order valence-electron chi connectivity index (χ1n) is 10.3. The predicted octanol–water partition coefficient (Wildman–Crippen LogP) is 5.84. The van der Waals surface area contributed by atoms with Crippen LogP contribution in [0.25, 0.3) is 0 Å². The van der Waals surface area contributed by atoms with E-state index in [1.165, 1.54) is 0 Å². The Morgan fingerprint density at radius 1 is 1.10 bits per heavy atom. The third-order valence-electron chi connectivity index (χ3n) is 5.01. The lowest BCUT2D eigenvalue weighted by atomic mass is 9.78. The van der Waals surface area contributed by atoms with E-state index in [1.807, 2.05) is 30.3 Å². The van der Waals surface area contributed by atoms with Crippen molar-refractivity contribution in [3.8, 4) is 11.5 Å². The van der Waals surface area contributed by atoms with Gasteiger partial charge in [0.1, 0.15) is 11.5 Å². The summed E-state index contributed by atoms with van der Waals surface area (Å²) in [5.41, 5.74) is 5.77. The minimum Gasteiger partial charge on any atom is -0.507 e. The Bertz CT molecular complexity index is 935. The van der Waals surface area contributed by atoms with Crippen LogP contribution < -0.4 is 10.2 Å². The van der Waals surface area contributed by atoms with Crippen LogP contribution in [0.5, 0.6) is 11.5 Å². The van der Waals surface area contributed by atoms with Gasteiger partial charge in [-0.3, -0.25) is 4.79 Å². The maximum absolute atomic E-state index is 12.3. The number of phenolic OH excluding ortho intramolecular Hbond substituents is 1. The molecule has 6 heteroatoms. The van der Waals surface area contributed by atoms with Crippen LogP contribution >= 0.6 is 15.9 Å². The first-order chi connectivity index (χ1) is 14.3. The van der Waals surface area contributed by atoms with Crippen molar-refractivity contribution in [2.75, 3.05) is 7.11 Å². The Hall–Kier alpha value is -2.34. The lowest BCUT2D eigenvalue weighted by molar-refractivity contribution is -0.121. The smallest absolute Gasteiger partial charge is 0.240 e. The molecule has 0 bridgehead atoms. The zero-order chi connectivity index (χ0) is 23.4. The van der Waals surface area contributed by atoms with E-state index in [1.54, 1.807) is 13.3 Å². The molecule has 0 saturated carbocycles. The summed E-state index contributed by atoms with van der Waals surface area (Å²) in [6.45, 7) is 12.5.